The molecule has 1 N–H and O–H groups in total. The Bertz CT molecular complexity index is 581. The van der Waals surface area contributed by atoms with Crippen molar-refractivity contribution in [1.29, 1.82) is 0 Å². The predicted octanol–water partition coefficient (Wildman–Crippen LogP) is 2.40. The Labute approximate surface area is 119 Å². The van der Waals surface area contributed by atoms with Gasteiger partial charge in [0.15, 0.2) is 0 Å². The van der Waals surface area contributed by atoms with Gasteiger partial charge in [-0.2, -0.15) is 23.3 Å². The van der Waals surface area contributed by atoms with E-state index in [0.29, 0.717) is 5.56 Å². The first-order valence-electron chi connectivity index (χ1n) is 6.35. The average Bonchev–Trinajstić information content (AvgIpc) is 2.68. The van der Waals surface area contributed by atoms with Gasteiger partial charge in [-0.3, -0.25) is 4.79 Å². The monoisotopic (exact) mass is 300 g/mol. The molecule has 1 aromatic carbocycles. The molecule has 4 nitrogen and oxygen atoms in total. The number of hydrogen-bond donors (Lipinski definition) is 1. The van der Waals surface area contributed by atoms with Crippen molar-refractivity contribution < 1.29 is 23.1 Å². The summed E-state index contributed by atoms with van der Waals surface area (Å²) >= 11 is 0. The number of carbonyl (C=O) groups is 1. The summed E-state index contributed by atoms with van der Waals surface area (Å²) in [5.74, 6) is -0.893. The van der Waals surface area contributed by atoms with Crippen LogP contribution in [0.5, 0.6) is 0 Å². The van der Waals surface area contributed by atoms with Crippen molar-refractivity contribution in [1.82, 2.24) is 5.01 Å². The summed E-state index contributed by atoms with van der Waals surface area (Å²) in [6, 6.07) is 6.84. The third-order valence-electron chi connectivity index (χ3n) is 3.29. The van der Waals surface area contributed by atoms with Gasteiger partial charge in [-0.15, -0.1) is 0 Å². The van der Waals surface area contributed by atoms with E-state index in [2.05, 4.69) is 5.10 Å². The van der Waals surface area contributed by atoms with Crippen LogP contribution in [0, 0.1) is 6.92 Å². The molecule has 114 valence electrons. The van der Waals surface area contributed by atoms with Crippen LogP contribution in [0.2, 0.25) is 0 Å². The quantitative estimate of drug-likeness (QED) is 0.912. The largest absolute Gasteiger partial charge is 0.438 e. The lowest BCUT2D eigenvalue weighted by molar-refractivity contribution is -0.302. The molecular weight excluding hydrogens is 285 g/mol. The third kappa shape index (κ3) is 2.92. The fraction of sp³-hybridized carbons (Fsp3) is 0.429. The highest BCUT2D eigenvalue weighted by Gasteiger charge is 2.62. The van der Waals surface area contributed by atoms with E-state index in [1.54, 1.807) is 24.3 Å². The summed E-state index contributed by atoms with van der Waals surface area (Å²) in [5, 5.41) is 13.5. The number of hydrogen-bond acceptors (Lipinski definition) is 3. The fourth-order valence-corrected chi connectivity index (χ4v) is 2.16. The number of hydrazone groups is 1. The van der Waals surface area contributed by atoms with Crippen LogP contribution in [0.1, 0.15) is 24.5 Å². The predicted molar refractivity (Wildman–Crippen MR) is 70.5 cm³/mol. The van der Waals surface area contributed by atoms with E-state index in [1.165, 1.54) is 6.92 Å². The molecule has 0 bridgehead atoms. The molecule has 1 atom stereocenters. The minimum Gasteiger partial charge on any atom is -0.362 e. The van der Waals surface area contributed by atoms with Gasteiger partial charge in [-0.1, -0.05) is 29.8 Å². The molecule has 0 saturated carbocycles. The van der Waals surface area contributed by atoms with Gasteiger partial charge >= 0.3 is 6.18 Å². The van der Waals surface area contributed by atoms with Crippen molar-refractivity contribution in [3.05, 3.63) is 35.4 Å². The van der Waals surface area contributed by atoms with Crippen LogP contribution in [0.3, 0.4) is 0 Å². The van der Waals surface area contributed by atoms with Crippen molar-refractivity contribution in [2.24, 2.45) is 5.10 Å². The maximum absolute atomic E-state index is 13.0. The third-order valence-corrected chi connectivity index (χ3v) is 3.29. The van der Waals surface area contributed by atoms with Gasteiger partial charge in [0.25, 0.3) is 5.72 Å². The molecule has 0 fully saturated rings. The second-order valence-corrected chi connectivity index (χ2v) is 5.19. The normalized spacial score (nSPS) is 22.4. The molecule has 1 amide bonds. The van der Waals surface area contributed by atoms with Crippen molar-refractivity contribution in [2.45, 2.75) is 38.6 Å². The lowest BCUT2D eigenvalue weighted by atomic mass is 10.1. The number of alkyl halides is 3. The van der Waals surface area contributed by atoms with E-state index >= 15 is 0 Å². The van der Waals surface area contributed by atoms with Gasteiger partial charge in [0, 0.05) is 12.1 Å². The Hall–Kier alpha value is -1.89. The van der Waals surface area contributed by atoms with Gasteiger partial charge in [0.05, 0.1) is 6.42 Å². The van der Waals surface area contributed by atoms with Crippen LogP contribution >= 0.6 is 0 Å². The molecule has 7 heteroatoms. The zero-order valence-electron chi connectivity index (χ0n) is 11.6. The Balaban J connectivity index is 2.22. The van der Waals surface area contributed by atoms with Crippen LogP contribution in [-0.2, 0) is 11.2 Å². The summed E-state index contributed by atoms with van der Waals surface area (Å²) in [4.78, 5) is 12.1. The fourth-order valence-electron chi connectivity index (χ4n) is 2.16. The van der Waals surface area contributed by atoms with Crippen molar-refractivity contribution >= 4 is 11.6 Å². The van der Waals surface area contributed by atoms with Crippen molar-refractivity contribution in [3.8, 4) is 0 Å². The molecule has 0 unspecified atom stereocenters. The van der Waals surface area contributed by atoms with Gasteiger partial charge in [-0.05, 0) is 19.4 Å². The molecule has 21 heavy (non-hydrogen) atoms. The number of aliphatic hydroxyl groups is 1. The smallest absolute Gasteiger partial charge is 0.362 e. The van der Waals surface area contributed by atoms with Crippen molar-refractivity contribution in [3.63, 3.8) is 0 Å². The van der Waals surface area contributed by atoms with Gasteiger partial charge < -0.3 is 5.11 Å². The Morgan fingerprint density at radius 2 is 1.90 bits per heavy atom. The summed E-state index contributed by atoms with van der Waals surface area (Å²) in [6.45, 7) is 3.21. The van der Waals surface area contributed by atoms with Crippen LogP contribution < -0.4 is 0 Å². The molecule has 1 aliphatic heterocycles. The molecular formula is C14H15F3N2O2. The zero-order valence-corrected chi connectivity index (χ0v) is 11.6. The first-order chi connectivity index (χ1) is 9.63. The number of rotatable bonds is 2. The van der Waals surface area contributed by atoms with E-state index in [4.69, 9.17) is 0 Å². The van der Waals surface area contributed by atoms with E-state index in [-0.39, 0.29) is 17.1 Å². The summed E-state index contributed by atoms with van der Waals surface area (Å²) in [7, 11) is 0. The zero-order chi connectivity index (χ0) is 15.8. The number of amides is 1. The van der Waals surface area contributed by atoms with E-state index in [0.717, 1.165) is 5.56 Å². The van der Waals surface area contributed by atoms with E-state index < -0.39 is 24.2 Å². The Morgan fingerprint density at radius 3 is 2.43 bits per heavy atom. The molecule has 0 aliphatic carbocycles. The molecule has 0 radical (unpaired) electrons. The van der Waals surface area contributed by atoms with Crippen LogP contribution in [0.15, 0.2) is 29.4 Å². The molecule has 0 saturated heterocycles. The standard InChI is InChI=1S/C14H15F3N2O2/c1-9-3-5-11(6-4-9)7-12(20)19-13(21,14(15,16)17)8-10(2)18-19/h3-6,21H,7-8H2,1-2H3/t13-/m0/s1. The number of carbonyl (C=O) groups excluding carboxylic acids is 1. The second kappa shape index (κ2) is 5.14. The highest BCUT2D eigenvalue weighted by molar-refractivity contribution is 5.89. The second-order valence-electron chi connectivity index (χ2n) is 5.19. The minimum absolute atomic E-state index is 0.0621. The SMILES string of the molecule is CC1=NN(C(=O)Cc2ccc(C)cc2)[C@@](O)(C(F)(F)F)C1. The maximum atomic E-state index is 13.0. The Kier molecular flexibility index (Phi) is 3.79. The van der Waals surface area contributed by atoms with Crippen LogP contribution in [-0.4, -0.2) is 33.6 Å². The lowest BCUT2D eigenvalue weighted by Crippen LogP contribution is -2.57. The van der Waals surface area contributed by atoms with Gasteiger partial charge in [-0.25, -0.2) is 0 Å². The molecule has 0 spiro atoms. The van der Waals surface area contributed by atoms with E-state index in [9.17, 15) is 23.1 Å². The first kappa shape index (κ1) is 15.5. The summed E-state index contributed by atoms with van der Waals surface area (Å²) in [6.07, 6.45) is -5.94. The lowest BCUT2D eigenvalue weighted by Gasteiger charge is -2.32. The summed E-state index contributed by atoms with van der Waals surface area (Å²) in [5.41, 5.74) is -1.64. The topological polar surface area (TPSA) is 52.9 Å². The molecule has 1 heterocycles. The molecule has 1 aliphatic rings. The number of halogens is 3. The van der Waals surface area contributed by atoms with Gasteiger partial charge in [0.1, 0.15) is 0 Å². The van der Waals surface area contributed by atoms with Crippen LogP contribution in [0.4, 0.5) is 13.2 Å². The summed E-state index contributed by atoms with van der Waals surface area (Å²) < 4.78 is 39.0. The molecule has 1 aromatic rings. The highest BCUT2D eigenvalue weighted by atomic mass is 19.4. The first-order valence-corrected chi connectivity index (χ1v) is 6.35. The van der Waals surface area contributed by atoms with Gasteiger partial charge in [0.2, 0.25) is 5.91 Å². The minimum atomic E-state index is -4.96. The molecule has 0 aromatic heterocycles. The number of nitrogens with zero attached hydrogens (tertiary/aromatic N) is 2. The Morgan fingerprint density at radius 1 is 1.33 bits per heavy atom. The van der Waals surface area contributed by atoms with E-state index in [1.807, 2.05) is 6.92 Å². The number of aryl methyl sites for hydroxylation is 1. The van der Waals surface area contributed by atoms with Crippen molar-refractivity contribution in [2.75, 3.05) is 0 Å². The maximum Gasteiger partial charge on any atom is 0.438 e. The number of benzene rings is 1. The van der Waals surface area contributed by atoms with Crippen LogP contribution in [0.25, 0.3) is 0 Å². The molecule has 2 rings (SSSR count). The highest BCUT2D eigenvalue weighted by Crippen LogP contribution is 2.40. The average molecular weight is 300 g/mol.